The summed E-state index contributed by atoms with van der Waals surface area (Å²) in [4.78, 5) is 34.4. The number of hydrogen-bond donors (Lipinski definition) is 3. The molecule has 178 valence electrons. The van der Waals surface area contributed by atoms with Crippen LogP contribution in [0.1, 0.15) is 29.3 Å². The lowest BCUT2D eigenvalue weighted by Gasteiger charge is -2.12. The minimum Gasteiger partial charge on any atom is -0.447 e. The first-order valence-corrected chi connectivity index (χ1v) is 10.7. The molecule has 0 aliphatic carbocycles. The topological polar surface area (TPSA) is 149 Å². The van der Waals surface area contributed by atoms with Crippen molar-refractivity contribution in [3.05, 3.63) is 77.3 Å². The number of pyridine rings is 1. The van der Waals surface area contributed by atoms with Crippen LogP contribution in [-0.2, 0) is 7.05 Å². The van der Waals surface area contributed by atoms with Gasteiger partial charge in [0.15, 0.2) is 23.0 Å². The van der Waals surface area contributed by atoms with Gasteiger partial charge in [-0.1, -0.05) is 0 Å². The number of carbonyl (C=O) groups excluding carboxylic acids is 1. The van der Waals surface area contributed by atoms with E-state index in [0.29, 0.717) is 28.9 Å². The quantitative estimate of drug-likeness (QED) is 0.321. The number of imidazole rings is 1. The molecule has 13 heteroatoms. The van der Waals surface area contributed by atoms with Crippen LogP contribution in [0.5, 0.6) is 0 Å². The number of aromatic nitrogens is 7. The van der Waals surface area contributed by atoms with Gasteiger partial charge in [0, 0.05) is 38.6 Å². The second kappa shape index (κ2) is 8.78. The van der Waals surface area contributed by atoms with E-state index in [2.05, 4.69) is 36.1 Å². The van der Waals surface area contributed by atoms with E-state index < -0.39 is 11.9 Å². The highest BCUT2D eigenvalue weighted by Crippen LogP contribution is 2.22. The van der Waals surface area contributed by atoms with Crippen molar-refractivity contribution in [1.29, 1.82) is 0 Å². The lowest BCUT2D eigenvalue weighted by molar-refractivity contribution is 0.0927. The van der Waals surface area contributed by atoms with Crippen LogP contribution in [0.15, 0.2) is 64.5 Å². The second-order valence-corrected chi connectivity index (χ2v) is 7.71. The van der Waals surface area contributed by atoms with Crippen molar-refractivity contribution < 1.29 is 9.21 Å². The third-order valence-corrected chi connectivity index (χ3v) is 5.30. The summed E-state index contributed by atoms with van der Waals surface area (Å²) in [6, 6.07) is 6.37. The summed E-state index contributed by atoms with van der Waals surface area (Å²) in [5, 5.41) is 17.7. The van der Waals surface area contributed by atoms with Gasteiger partial charge in [-0.15, -0.1) is 5.10 Å². The summed E-state index contributed by atoms with van der Waals surface area (Å²) in [7, 11) is 3.51. The van der Waals surface area contributed by atoms with E-state index >= 15 is 0 Å². The molecule has 0 aliphatic heterocycles. The Morgan fingerprint density at radius 2 is 2.00 bits per heavy atom. The highest BCUT2D eigenvalue weighted by atomic mass is 16.3. The molecule has 0 bridgehead atoms. The Bertz CT molecular complexity index is 1560. The first-order chi connectivity index (χ1) is 16.9. The maximum Gasteiger partial charge on any atom is 0.280 e. The van der Waals surface area contributed by atoms with Gasteiger partial charge in [-0.2, -0.15) is 5.10 Å². The molecule has 1 amide bonds. The van der Waals surface area contributed by atoms with Crippen LogP contribution in [0, 0.1) is 0 Å². The zero-order valence-electron chi connectivity index (χ0n) is 19.1. The number of amides is 1. The predicted octanol–water partition coefficient (Wildman–Crippen LogP) is 1.88. The normalized spacial score (nSPS) is 12.0. The largest absolute Gasteiger partial charge is 0.447 e. The van der Waals surface area contributed by atoms with Gasteiger partial charge in [0.1, 0.15) is 18.0 Å². The maximum absolute atomic E-state index is 13.1. The first-order valence-electron chi connectivity index (χ1n) is 10.7. The molecular weight excluding hydrogens is 452 g/mol. The number of carbonyl (C=O) groups is 1. The van der Waals surface area contributed by atoms with Crippen molar-refractivity contribution in [2.75, 3.05) is 17.7 Å². The van der Waals surface area contributed by atoms with Gasteiger partial charge in [-0.3, -0.25) is 18.8 Å². The highest BCUT2D eigenvalue weighted by molar-refractivity contribution is 5.94. The van der Waals surface area contributed by atoms with Crippen LogP contribution >= 0.6 is 0 Å². The summed E-state index contributed by atoms with van der Waals surface area (Å²) < 4.78 is 9.71. The van der Waals surface area contributed by atoms with Gasteiger partial charge >= 0.3 is 0 Å². The van der Waals surface area contributed by atoms with E-state index in [-0.39, 0.29) is 16.9 Å². The zero-order valence-corrected chi connectivity index (χ0v) is 19.1. The van der Waals surface area contributed by atoms with Gasteiger partial charge in [-0.25, -0.2) is 14.5 Å². The van der Waals surface area contributed by atoms with Crippen molar-refractivity contribution in [2.24, 2.45) is 7.05 Å². The standard InChI is InChI=1S/C22H22N10O3/c1-13(21-24-7-10-35-21)26-20(33)16-12-25-19-15(23-2)11-17(28-32(16)19)27-14-5-4-8-31(22(14)34)18-6-9-30(3)29-18/h4-13,23H,1-3H3,(H,26,33)(H,27,28)/t13-/m0/s1. The number of oxazole rings is 1. The molecule has 0 saturated heterocycles. The Balaban J connectivity index is 1.49. The SMILES string of the molecule is CNc1cc(Nc2cccn(-c3ccn(C)n3)c2=O)nn2c(C(=O)N[C@@H](C)c3ncco3)cnc12. The van der Waals surface area contributed by atoms with Gasteiger partial charge in [0.05, 0.1) is 18.1 Å². The number of nitrogens with one attached hydrogen (secondary N) is 3. The summed E-state index contributed by atoms with van der Waals surface area (Å²) >= 11 is 0. The number of anilines is 3. The average Bonchev–Trinajstić information content (AvgIpc) is 3.61. The van der Waals surface area contributed by atoms with E-state index in [4.69, 9.17) is 4.42 Å². The van der Waals surface area contributed by atoms with Crippen molar-refractivity contribution in [3.8, 4) is 5.82 Å². The zero-order chi connectivity index (χ0) is 24.5. The Morgan fingerprint density at radius 1 is 1.14 bits per heavy atom. The lowest BCUT2D eigenvalue weighted by Crippen LogP contribution is -2.28. The fourth-order valence-corrected chi connectivity index (χ4v) is 3.59. The van der Waals surface area contributed by atoms with Crippen molar-refractivity contribution in [2.45, 2.75) is 13.0 Å². The Hall–Kier alpha value is -4.94. The Morgan fingerprint density at radius 3 is 2.71 bits per heavy atom. The first kappa shape index (κ1) is 21.9. The lowest BCUT2D eigenvalue weighted by atomic mass is 10.3. The maximum atomic E-state index is 13.1. The van der Waals surface area contributed by atoms with Gasteiger partial charge in [-0.05, 0) is 19.1 Å². The van der Waals surface area contributed by atoms with E-state index in [1.54, 1.807) is 62.4 Å². The third kappa shape index (κ3) is 4.10. The van der Waals surface area contributed by atoms with Crippen LogP contribution in [0.3, 0.4) is 0 Å². The molecule has 5 aromatic heterocycles. The fourth-order valence-electron chi connectivity index (χ4n) is 3.59. The smallest absolute Gasteiger partial charge is 0.280 e. The minimum atomic E-state index is -0.456. The third-order valence-electron chi connectivity index (χ3n) is 5.30. The minimum absolute atomic E-state index is 0.206. The summed E-state index contributed by atoms with van der Waals surface area (Å²) in [6.07, 6.45) is 7.78. The number of fused-ring (bicyclic) bond motifs is 1. The fraction of sp³-hybridized carbons (Fsp3) is 0.182. The number of rotatable bonds is 7. The van der Waals surface area contributed by atoms with Crippen LogP contribution in [-0.4, -0.2) is 46.9 Å². The van der Waals surface area contributed by atoms with E-state index in [9.17, 15) is 9.59 Å². The molecule has 13 nitrogen and oxygen atoms in total. The molecule has 0 aromatic carbocycles. The summed E-state index contributed by atoms with van der Waals surface area (Å²) in [6.45, 7) is 1.76. The summed E-state index contributed by atoms with van der Waals surface area (Å²) in [5.41, 5.74) is 1.25. The number of hydrogen-bond acceptors (Lipinski definition) is 9. The van der Waals surface area contributed by atoms with E-state index in [0.717, 1.165) is 0 Å². The molecule has 0 aliphatic rings. The second-order valence-electron chi connectivity index (χ2n) is 7.71. The number of aryl methyl sites for hydroxylation is 1. The average molecular weight is 474 g/mol. The van der Waals surface area contributed by atoms with Gasteiger partial charge < -0.3 is 20.4 Å². The molecule has 3 N–H and O–H groups in total. The Labute approximate surface area is 198 Å². The molecule has 1 atom stereocenters. The van der Waals surface area contributed by atoms with Crippen molar-refractivity contribution >= 4 is 28.7 Å². The molecule has 35 heavy (non-hydrogen) atoms. The van der Waals surface area contributed by atoms with Crippen LogP contribution in [0.4, 0.5) is 17.2 Å². The molecule has 5 rings (SSSR count). The van der Waals surface area contributed by atoms with Crippen molar-refractivity contribution in [3.63, 3.8) is 0 Å². The van der Waals surface area contributed by atoms with Gasteiger partial charge in [0.25, 0.3) is 11.5 Å². The molecule has 0 spiro atoms. The predicted molar refractivity (Wildman–Crippen MR) is 127 cm³/mol. The molecule has 0 unspecified atom stereocenters. The van der Waals surface area contributed by atoms with E-state index in [1.807, 2.05) is 0 Å². The van der Waals surface area contributed by atoms with Crippen molar-refractivity contribution in [1.82, 2.24) is 39.2 Å². The molecule has 5 heterocycles. The van der Waals surface area contributed by atoms with Crippen LogP contribution in [0.2, 0.25) is 0 Å². The molecule has 0 fully saturated rings. The van der Waals surface area contributed by atoms with E-state index in [1.165, 1.54) is 27.7 Å². The van der Waals surface area contributed by atoms with Gasteiger partial charge in [0.2, 0.25) is 5.89 Å². The molecule has 5 aromatic rings. The van der Waals surface area contributed by atoms with Crippen LogP contribution in [0.25, 0.3) is 11.5 Å². The highest BCUT2D eigenvalue weighted by Gasteiger charge is 2.20. The monoisotopic (exact) mass is 474 g/mol. The molecule has 0 saturated carbocycles. The van der Waals surface area contributed by atoms with Crippen LogP contribution < -0.4 is 21.5 Å². The Kier molecular flexibility index (Phi) is 5.49. The molecular formula is C22H22N10O3. The molecule has 0 radical (unpaired) electrons. The number of nitrogens with zero attached hydrogens (tertiary/aromatic N) is 7. The summed E-state index contributed by atoms with van der Waals surface area (Å²) in [5.74, 6) is 0.804.